The quantitative estimate of drug-likeness (QED) is 0.463. The average Bonchev–Trinajstić information content (AvgIpc) is 2.95. The molecule has 2 aliphatic rings. The van der Waals surface area contributed by atoms with E-state index in [0.717, 1.165) is 104 Å². The van der Waals surface area contributed by atoms with Crippen LogP contribution >= 0.6 is 0 Å². The third-order valence-corrected chi connectivity index (χ3v) is 8.00. The van der Waals surface area contributed by atoms with E-state index in [9.17, 15) is 0 Å². The summed E-state index contributed by atoms with van der Waals surface area (Å²) in [4.78, 5) is 20.0. The fourth-order valence-electron chi connectivity index (χ4n) is 5.45. The molecule has 0 saturated carbocycles. The summed E-state index contributed by atoms with van der Waals surface area (Å²) in [5.41, 5.74) is 7.45. The molecule has 0 amide bonds. The molecule has 3 rings (SSSR count). The Balaban J connectivity index is 1.84. The number of hydrogen-bond donors (Lipinski definition) is 4. The zero-order valence-corrected chi connectivity index (χ0v) is 25.6. The summed E-state index contributed by atoms with van der Waals surface area (Å²) in [5, 5.41) is 14.1. The van der Waals surface area contributed by atoms with Crippen LogP contribution in [0, 0.1) is 11.8 Å². The molecule has 0 aromatic heterocycles. The van der Waals surface area contributed by atoms with Crippen LogP contribution in [-0.2, 0) is 12.8 Å². The molecular weight excluding hydrogens is 496 g/mol. The van der Waals surface area contributed by atoms with Crippen LogP contribution in [0.2, 0.25) is 0 Å². The van der Waals surface area contributed by atoms with Crippen molar-refractivity contribution in [3.05, 3.63) is 35.4 Å². The first-order valence-electron chi connectivity index (χ1n) is 15.5. The van der Waals surface area contributed by atoms with Crippen molar-refractivity contribution < 1.29 is 0 Å². The molecule has 2 aliphatic heterocycles. The third kappa shape index (κ3) is 11.7. The Bertz CT molecular complexity index is 865. The van der Waals surface area contributed by atoms with E-state index >= 15 is 0 Å². The first-order chi connectivity index (χ1) is 19.6. The highest BCUT2D eigenvalue weighted by molar-refractivity contribution is 6.06. The Morgan fingerprint density at radius 1 is 0.500 bits per heavy atom. The topological polar surface area (TPSA) is 97.6 Å². The molecule has 0 radical (unpaired) electrons. The Kier molecular flexibility index (Phi) is 15.3. The zero-order valence-electron chi connectivity index (χ0n) is 25.6. The smallest absolute Gasteiger partial charge is 0.0513 e. The number of nitrogens with zero attached hydrogens (tertiary/aromatic N) is 4. The van der Waals surface area contributed by atoms with Crippen LogP contribution in [0.5, 0.6) is 0 Å². The molecule has 0 unspecified atom stereocenters. The molecule has 0 bridgehead atoms. The molecule has 8 heteroatoms. The van der Waals surface area contributed by atoms with Crippen LogP contribution in [0.1, 0.15) is 51.7 Å². The van der Waals surface area contributed by atoms with Crippen molar-refractivity contribution in [3.63, 3.8) is 0 Å². The summed E-state index contributed by atoms with van der Waals surface area (Å²) < 4.78 is 0. The molecule has 4 N–H and O–H groups in total. The molecule has 1 aromatic rings. The van der Waals surface area contributed by atoms with Crippen LogP contribution < -0.4 is 21.3 Å². The van der Waals surface area contributed by atoms with Gasteiger partial charge in [0.15, 0.2) is 0 Å². The van der Waals surface area contributed by atoms with Crippen molar-refractivity contribution in [3.8, 4) is 0 Å². The van der Waals surface area contributed by atoms with Crippen LogP contribution in [0.25, 0.3) is 0 Å². The summed E-state index contributed by atoms with van der Waals surface area (Å²) in [6.45, 7) is 19.7. The van der Waals surface area contributed by atoms with E-state index in [1.165, 1.54) is 34.0 Å². The number of benzene rings is 1. The van der Waals surface area contributed by atoms with E-state index in [-0.39, 0.29) is 11.8 Å². The molecule has 0 spiro atoms. The summed E-state index contributed by atoms with van der Waals surface area (Å²) in [5.74, 6) is 0.407. The number of hydrogen-bond acceptors (Lipinski definition) is 8. The van der Waals surface area contributed by atoms with Gasteiger partial charge in [0, 0.05) is 60.9 Å². The molecule has 0 fully saturated rings. The Hall–Kier alpha value is -2.26. The average molecular weight is 551 g/mol. The fraction of sp³-hybridized carbons (Fsp3) is 0.688. The summed E-state index contributed by atoms with van der Waals surface area (Å²) in [7, 11) is 0. The standard InChI is InChI=1S/C32H54N8/c1-25-31(26(2)38-20-16-34-12-7-11-33-15-19-37-25)23-29-9-5-6-10-30(29)24-32-27(3)39-21-17-35-13-8-14-36-18-22-40-28(32)4/h5-6,9-10,31-36H,7-8,11-24H2,1-4H3. The van der Waals surface area contributed by atoms with Crippen molar-refractivity contribution in [2.24, 2.45) is 31.8 Å². The Morgan fingerprint density at radius 2 is 0.800 bits per heavy atom. The Morgan fingerprint density at radius 3 is 1.10 bits per heavy atom. The van der Waals surface area contributed by atoms with Gasteiger partial charge in [-0.3, -0.25) is 20.0 Å². The first-order valence-corrected chi connectivity index (χ1v) is 15.5. The zero-order chi connectivity index (χ0) is 28.4. The van der Waals surface area contributed by atoms with Gasteiger partial charge >= 0.3 is 0 Å². The van der Waals surface area contributed by atoms with Gasteiger partial charge in [-0.05, 0) is 90.7 Å². The van der Waals surface area contributed by atoms with Gasteiger partial charge in [-0.1, -0.05) is 24.3 Å². The highest BCUT2D eigenvalue weighted by atomic mass is 14.9. The van der Waals surface area contributed by atoms with Gasteiger partial charge in [0.2, 0.25) is 0 Å². The monoisotopic (exact) mass is 550 g/mol. The summed E-state index contributed by atoms with van der Waals surface area (Å²) in [6.07, 6.45) is 4.09. The molecule has 2 heterocycles. The predicted octanol–water partition coefficient (Wildman–Crippen LogP) is 3.01. The summed E-state index contributed by atoms with van der Waals surface area (Å²) >= 11 is 0. The van der Waals surface area contributed by atoms with Crippen LogP contribution in [-0.4, -0.2) is 101 Å². The minimum Gasteiger partial charge on any atom is -0.315 e. The van der Waals surface area contributed by atoms with Gasteiger partial charge in [-0.2, -0.15) is 0 Å². The highest BCUT2D eigenvalue weighted by Gasteiger charge is 2.22. The van der Waals surface area contributed by atoms with Crippen LogP contribution in [0.4, 0.5) is 0 Å². The van der Waals surface area contributed by atoms with Gasteiger partial charge in [-0.25, -0.2) is 0 Å². The second kappa shape index (κ2) is 19.0. The minimum absolute atomic E-state index is 0.203. The fourth-order valence-corrected chi connectivity index (χ4v) is 5.45. The molecule has 8 nitrogen and oxygen atoms in total. The van der Waals surface area contributed by atoms with Crippen molar-refractivity contribution in [1.82, 2.24) is 21.3 Å². The minimum atomic E-state index is 0.203. The summed E-state index contributed by atoms with van der Waals surface area (Å²) in [6, 6.07) is 8.92. The van der Waals surface area contributed by atoms with Crippen molar-refractivity contribution in [1.29, 1.82) is 0 Å². The molecule has 1 aromatic carbocycles. The lowest BCUT2D eigenvalue weighted by Gasteiger charge is -2.23. The number of nitrogens with one attached hydrogen (secondary N) is 4. The lowest BCUT2D eigenvalue weighted by Crippen LogP contribution is -2.29. The lowest BCUT2D eigenvalue weighted by atomic mass is 9.84. The van der Waals surface area contributed by atoms with E-state index < -0.39 is 0 Å². The van der Waals surface area contributed by atoms with Gasteiger partial charge < -0.3 is 21.3 Å². The van der Waals surface area contributed by atoms with Crippen LogP contribution in [0.15, 0.2) is 44.2 Å². The largest absolute Gasteiger partial charge is 0.315 e. The normalized spacial score (nSPS) is 24.0. The van der Waals surface area contributed by atoms with E-state index in [0.29, 0.717) is 0 Å². The van der Waals surface area contributed by atoms with Crippen molar-refractivity contribution in [2.45, 2.75) is 53.4 Å². The van der Waals surface area contributed by atoms with Gasteiger partial charge in [0.1, 0.15) is 0 Å². The van der Waals surface area contributed by atoms with Crippen LogP contribution in [0.3, 0.4) is 0 Å². The molecular formula is C32H54N8. The first kappa shape index (κ1) is 32.3. The maximum absolute atomic E-state index is 4.99. The SMILES string of the molecule is CC1=NCCNCCCNCCN=C(C)C1Cc1ccccc1CC1C(C)=NCCNCCCNCCN=C1C. The number of aliphatic imine (C=N–C) groups is 4. The molecule has 40 heavy (non-hydrogen) atoms. The lowest BCUT2D eigenvalue weighted by molar-refractivity contribution is 0.600. The van der Waals surface area contributed by atoms with Crippen molar-refractivity contribution >= 4 is 22.8 Å². The van der Waals surface area contributed by atoms with E-state index in [1.807, 2.05) is 0 Å². The second-order valence-corrected chi connectivity index (χ2v) is 11.1. The van der Waals surface area contributed by atoms with Gasteiger partial charge in [-0.15, -0.1) is 0 Å². The van der Waals surface area contributed by atoms with E-state index in [2.05, 4.69) is 73.2 Å². The van der Waals surface area contributed by atoms with Gasteiger partial charge in [0.05, 0.1) is 26.2 Å². The van der Waals surface area contributed by atoms with E-state index in [4.69, 9.17) is 20.0 Å². The molecule has 0 saturated heterocycles. The maximum Gasteiger partial charge on any atom is 0.0513 e. The van der Waals surface area contributed by atoms with Crippen molar-refractivity contribution in [2.75, 3.05) is 78.5 Å². The second-order valence-electron chi connectivity index (χ2n) is 11.1. The van der Waals surface area contributed by atoms with Gasteiger partial charge in [0.25, 0.3) is 0 Å². The molecule has 222 valence electrons. The highest BCUT2D eigenvalue weighted by Crippen LogP contribution is 2.22. The molecule has 0 atom stereocenters. The predicted molar refractivity (Wildman–Crippen MR) is 173 cm³/mol. The molecule has 0 aliphatic carbocycles. The number of rotatable bonds is 4. The third-order valence-electron chi connectivity index (χ3n) is 8.00. The van der Waals surface area contributed by atoms with E-state index in [1.54, 1.807) is 0 Å². The Labute approximate surface area is 243 Å². The maximum atomic E-state index is 4.99.